The van der Waals surface area contributed by atoms with E-state index >= 15 is 0 Å². The molecular weight excluding hydrogens is 242 g/mol. The summed E-state index contributed by atoms with van der Waals surface area (Å²) in [5.74, 6) is -0.658. The van der Waals surface area contributed by atoms with Crippen molar-refractivity contribution >= 4 is 17.6 Å². The predicted octanol–water partition coefficient (Wildman–Crippen LogP) is 2.57. The molecule has 0 fully saturated rings. The SMILES string of the molecule is CC(C)C(C)C(=O)N1CCc2ccc(C(=O)O)cc21. The summed E-state index contributed by atoms with van der Waals surface area (Å²) in [6, 6.07) is 5.02. The van der Waals surface area contributed by atoms with Crippen molar-refractivity contribution in [3.63, 3.8) is 0 Å². The number of hydrogen-bond donors (Lipinski definition) is 1. The number of hydrogen-bond acceptors (Lipinski definition) is 2. The van der Waals surface area contributed by atoms with Crippen LogP contribution in [0.15, 0.2) is 18.2 Å². The van der Waals surface area contributed by atoms with Crippen LogP contribution < -0.4 is 4.90 Å². The summed E-state index contributed by atoms with van der Waals surface area (Å²) >= 11 is 0. The number of rotatable bonds is 3. The molecule has 1 aliphatic heterocycles. The van der Waals surface area contributed by atoms with Crippen molar-refractivity contribution in [3.8, 4) is 0 Å². The van der Waals surface area contributed by atoms with Crippen LogP contribution in [0.5, 0.6) is 0 Å². The molecule has 2 rings (SSSR count). The minimum atomic E-state index is -0.959. The van der Waals surface area contributed by atoms with Gasteiger partial charge in [-0.1, -0.05) is 26.8 Å². The second kappa shape index (κ2) is 5.03. The minimum absolute atomic E-state index is 0.0561. The molecule has 0 saturated heterocycles. The van der Waals surface area contributed by atoms with Crippen molar-refractivity contribution in [3.05, 3.63) is 29.3 Å². The van der Waals surface area contributed by atoms with Crippen LogP contribution >= 0.6 is 0 Å². The van der Waals surface area contributed by atoms with E-state index in [2.05, 4.69) is 0 Å². The molecule has 4 nitrogen and oxygen atoms in total. The van der Waals surface area contributed by atoms with E-state index in [1.54, 1.807) is 17.0 Å². The highest BCUT2D eigenvalue weighted by Crippen LogP contribution is 2.31. The Morgan fingerprint density at radius 2 is 1.95 bits per heavy atom. The number of anilines is 1. The topological polar surface area (TPSA) is 57.6 Å². The molecule has 0 saturated carbocycles. The summed E-state index contributed by atoms with van der Waals surface area (Å²) < 4.78 is 0. The fourth-order valence-electron chi connectivity index (χ4n) is 2.27. The molecule has 1 aromatic rings. The zero-order valence-corrected chi connectivity index (χ0v) is 11.5. The van der Waals surface area contributed by atoms with Gasteiger partial charge in [-0.25, -0.2) is 4.79 Å². The number of carboxylic acid groups (broad SMARTS) is 1. The van der Waals surface area contributed by atoms with Crippen molar-refractivity contribution in [2.45, 2.75) is 27.2 Å². The summed E-state index contributed by atoms with van der Waals surface area (Å²) in [4.78, 5) is 25.2. The number of benzene rings is 1. The van der Waals surface area contributed by atoms with Gasteiger partial charge in [0.25, 0.3) is 0 Å². The van der Waals surface area contributed by atoms with Crippen LogP contribution in [0.1, 0.15) is 36.7 Å². The number of amides is 1. The summed E-state index contributed by atoms with van der Waals surface area (Å²) in [6.07, 6.45) is 0.797. The van der Waals surface area contributed by atoms with Gasteiger partial charge in [-0.05, 0) is 30.0 Å². The van der Waals surface area contributed by atoms with Gasteiger partial charge >= 0.3 is 5.97 Å². The molecule has 4 heteroatoms. The lowest BCUT2D eigenvalue weighted by Crippen LogP contribution is -2.35. The average molecular weight is 261 g/mol. The van der Waals surface area contributed by atoms with Crippen LogP contribution in [0.25, 0.3) is 0 Å². The Kier molecular flexibility index (Phi) is 3.60. The van der Waals surface area contributed by atoms with Crippen molar-refractivity contribution in [1.29, 1.82) is 0 Å². The molecule has 0 radical (unpaired) electrons. The summed E-state index contributed by atoms with van der Waals surface area (Å²) in [7, 11) is 0. The average Bonchev–Trinajstić information content (AvgIpc) is 2.79. The number of carbonyl (C=O) groups is 2. The third kappa shape index (κ3) is 2.48. The van der Waals surface area contributed by atoms with Crippen LogP contribution in [0, 0.1) is 11.8 Å². The summed E-state index contributed by atoms with van der Waals surface area (Å²) in [5, 5.41) is 9.03. The van der Waals surface area contributed by atoms with E-state index in [1.165, 1.54) is 0 Å². The minimum Gasteiger partial charge on any atom is -0.478 e. The Morgan fingerprint density at radius 3 is 2.53 bits per heavy atom. The standard InChI is InChI=1S/C15H19NO3/c1-9(2)10(3)14(17)16-7-6-11-4-5-12(15(18)19)8-13(11)16/h4-5,8-10H,6-7H2,1-3H3,(H,18,19). The van der Waals surface area contributed by atoms with Crippen LogP contribution in [-0.2, 0) is 11.2 Å². The van der Waals surface area contributed by atoms with Crippen LogP contribution in [0.3, 0.4) is 0 Å². The van der Waals surface area contributed by atoms with Crippen molar-refractivity contribution in [2.24, 2.45) is 11.8 Å². The van der Waals surface area contributed by atoms with Crippen molar-refractivity contribution in [1.82, 2.24) is 0 Å². The van der Waals surface area contributed by atoms with Gasteiger partial charge in [0.15, 0.2) is 0 Å². The molecular formula is C15H19NO3. The van der Waals surface area contributed by atoms with E-state index in [0.29, 0.717) is 6.54 Å². The first-order valence-electron chi connectivity index (χ1n) is 6.59. The summed E-state index contributed by atoms with van der Waals surface area (Å²) in [5.41, 5.74) is 2.04. The maximum Gasteiger partial charge on any atom is 0.335 e. The monoisotopic (exact) mass is 261 g/mol. The van der Waals surface area contributed by atoms with Gasteiger partial charge < -0.3 is 10.0 Å². The van der Waals surface area contributed by atoms with Gasteiger partial charge in [0, 0.05) is 18.2 Å². The van der Waals surface area contributed by atoms with E-state index in [0.717, 1.165) is 17.7 Å². The first-order chi connectivity index (χ1) is 8.91. The fourth-order valence-corrected chi connectivity index (χ4v) is 2.27. The highest BCUT2D eigenvalue weighted by atomic mass is 16.4. The van der Waals surface area contributed by atoms with E-state index in [-0.39, 0.29) is 23.3 Å². The molecule has 19 heavy (non-hydrogen) atoms. The lowest BCUT2D eigenvalue weighted by molar-refractivity contribution is -0.122. The molecule has 1 amide bonds. The Balaban J connectivity index is 2.32. The largest absolute Gasteiger partial charge is 0.478 e. The smallest absolute Gasteiger partial charge is 0.335 e. The number of aromatic carboxylic acids is 1. The zero-order valence-electron chi connectivity index (χ0n) is 11.5. The maximum atomic E-state index is 12.4. The number of carbonyl (C=O) groups excluding carboxylic acids is 1. The molecule has 0 spiro atoms. The first-order valence-corrected chi connectivity index (χ1v) is 6.59. The van der Waals surface area contributed by atoms with Gasteiger partial charge in [0.05, 0.1) is 5.56 Å². The molecule has 1 aliphatic rings. The van der Waals surface area contributed by atoms with E-state index in [4.69, 9.17) is 5.11 Å². The lowest BCUT2D eigenvalue weighted by atomic mass is 9.96. The van der Waals surface area contributed by atoms with Gasteiger partial charge in [-0.3, -0.25) is 4.79 Å². The second-order valence-corrected chi connectivity index (χ2v) is 5.42. The molecule has 102 valence electrons. The fraction of sp³-hybridized carbons (Fsp3) is 0.467. The zero-order chi connectivity index (χ0) is 14.2. The maximum absolute atomic E-state index is 12.4. The molecule has 1 N–H and O–H groups in total. The first kappa shape index (κ1) is 13.6. The molecule has 0 aromatic heterocycles. The molecule has 1 heterocycles. The Labute approximate surface area is 113 Å². The van der Waals surface area contributed by atoms with Crippen molar-refractivity contribution in [2.75, 3.05) is 11.4 Å². The lowest BCUT2D eigenvalue weighted by Gasteiger charge is -2.24. The molecule has 0 aliphatic carbocycles. The predicted molar refractivity (Wildman–Crippen MR) is 73.5 cm³/mol. The number of nitrogens with zero attached hydrogens (tertiary/aromatic N) is 1. The highest BCUT2D eigenvalue weighted by Gasteiger charge is 2.29. The third-order valence-electron chi connectivity index (χ3n) is 3.88. The second-order valence-electron chi connectivity index (χ2n) is 5.42. The molecule has 1 aromatic carbocycles. The summed E-state index contributed by atoms with van der Waals surface area (Å²) in [6.45, 7) is 6.61. The number of fused-ring (bicyclic) bond motifs is 1. The highest BCUT2D eigenvalue weighted by molar-refractivity contribution is 5.98. The van der Waals surface area contributed by atoms with Crippen molar-refractivity contribution < 1.29 is 14.7 Å². The van der Waals surface area contributed by atoms with Gasteiger partial charge in [-0.15, -0.1) is 0 Å². The van der Waals surface area contributed by atoms with Crippen LogP contribution in [0.2, 0.25) is 0 Å². The number of carboxylic acids is 1. The normalized spacial score (nSPS) is 15.5. The Hall–Kier alpha value is -1.84. The van der Waals surface area contributed by atoms with Gasteiger partial charge in [0.2, 0.25) is 5.91 Å². The Morgan fingerprint density at radius 1 is 1.26 bits per heavy atom. The molecule has 1 atom stereocenters. The van der Waals surface area contributed by atoms with Crippen LogP contribution in [-0.4, -0.2) is 23.5 Å². The Bertz CT molecular complexity index is 522. The quantitative estimate of drug-likeness (QED) is 0.909. The molecule has 0 bridgehead atoms. The van der Waals surface area contributed by atoms with E-state index in [1.807, 2.05) is 26.8 Å². The van der Waals surface area contributed by atoms with E-state index in [9.17, 15) is 9.59 Å². The van der Waals surface area contributed by atoms with Gasteiger partial charge in [-0.2, -0.15) is 0 Å². The third-order valence-corrected chi connectivity index (χ3v) is 3.88. The van der Waals surface area contributed by atoms with Crippen LogP contribution in [0.4, 0.5) is 5.69 Å². The van der Waals surface area contributed by atoms with Gasteiger partial charge in [0.1, 0.15) is 0 Å². The molecule has 1 unspecified atom stereocenters. The van der Waals surface area contributed by atoms with E-state index < -0.39 is 5.97 Å².